The van der Waals surface area contributed by atoms with Crippen molar-refractivity contribution in [1.82, 2.24) is 4.57 Å². The van der Waals surface area contributed by atoms with Crippen LogP contribution in [0, 0.1) is 13.8 Å². The zero-order valence-corrected chi connectivity index (χ0v) is 18.1. The Morgan fingerprint density at radius 3 is 2.03 bits per heavy atom. The molecule has 0 aliphatic heterocycles. The average molecular weight is 412 g/mol. The Kier molecular flexibility index (Phi) is 5.34. The summed E-state index contributed by atoms with van der Waals surface area (Å²) in [6, 6.07) is 22.9. The number of hydrogen-bond donors (Lipinski definition) is 1. The van der Waals surface area contributed by atoms with Gasteiger partial charge in [0.25, 0.3) is 5.56 Å². The summed E-state index contributed by atoms with van der Waals surface area (Å²) >= 11 is 0. The maximum atomic E-state index is 13.2. The molecule has 4 aromatic rings. The number of aromatic nitrogens is 1. The number of aryl methyl sites for hydroxylation is 2. The van der Waals surface area contributed by atoms with Crippen molar-refractivity contribution in [2.24, 2.45) is 7.05 Å². The number of rotatable bonds is 3. The molecule has 5 nitrogen and oxygen atoms in total. The van der Waals surface area contributed by atoms with Gasteiger partial charge in [-0.15, -0.1) is 0 Å². The van der Waals surface area contributed by atoms with Gasteiger partial charge in [0.1, 0.15) is 5.82 Å². The normalized spacial score (nSPS) is 10.8. The molecule has 1 N–H and O–H groups in total. The number of nitrogens with zero attached hydrogens (tertiary/aromatic N) is 2. The Balaban J connectivity index is 1.94. The van der Waals surface area contributed by atoms with Crippen molar-refractivity contribution in [3.8, 4) is 11.1 Å². The van der Waals surface area contributed by atoms with Gasteiger partial charge in [-0.05, 0) is 54.1 Å². The van der Waals surface area contributed by atoms with Gasteiger partial charge in [0.15, 0.2) is 0 Å². The fraction of sp³-hybridized carbons (Fsp3) is 0.154. The molecule has 0 radical (unpaired) electrons. The molecule has 3 aromatic carbocycles. The van der Waals surface area contributed by atoms with E-state index in [1.54, 1.807) is 14.1 Å². The highest BCUT2D eigenvalue weighted by atomic mass is 16.2. The third-order valence-electron chi connectivity index (χ3n) is 5.75. The first kappa shape index (κ1) is 20.4. The molecule has 0 unspecified atom stereocenters. The Labute approximate surface area is 181 Å². The topological polar surface area (TPSA) is 54.3 Å². The molecule has 0 fully saturated rings. The zero-order valence-electron chi connectivity index (χ0n) is 18.1. The van der Waals surface area contributed by atoms with Crippen LogP contribution in [0.4, 0.5) is 16.3 Å². The van der Waals surface area contributed by atoms with Crippen molar-refractivity contribution in [3.63, 3.8) is 0 Å². The molecule has 0 aliphatic rings. The van der Waals surface area contributed by atoms with Crippen LogP contribution in [0.3, 0.4) is 0 Å². The lowest BCUT2D eigenvalue weighted by molar-refractivity contribution is 0.258. The summed E-state index contributed by atoms with van der Waals surface area (Å²) in [4.78, 5) is 27.9. The summed E-state index contributed by atoms with van der Waals surface area (Å²) in [6.45, 7) is 4.03. The minimum absolute atomic E-state index is 0.143. The second kappa shape index (κ2) is 8.11. The van der Waals surface area contributed by atoms with Crippen LogP contribution < -0.4 is 15.8 Å². The summed E-state index contributed by atoms with van der Waals surface area (Å²) in [5, 5.41) is 4.46. The van der Waals surface area contributed by atoms with Crippen molar-refractivity contribution in [3.05, 3.63) is 94.3 Å². The van der Waals surface area contributed by atoms with Crippen LogP contribution in [-0.4, -0.2) is 17.6 Å². The molecule has 0 aliphatic carbocycles. The monoisotopic (exact) mass is 411 g/mol. The first-order chi connectivity index (χ1) is 14.9. The maximum absolute atomic E-state index is 13.2. The zero-order chi connectivity index (χ0) is 22.1. The summed E-state index contributed by atoms with van der Waals surface area (Å²) in [5.41, 5.74) is 4.54. The highest BCUT2D eigenvalue weighted by molar-refractivity contribution is 6.08. The quantitative estimate of drug-likeness (QED) is 0.485. The van der Waals surface area contributed by atoms with Crippen LogP contribution >= 0.6 is 0 Å². The molecule has 156 valence electrons. The molecule has 1 heterocycles. The van der Waals surface area contributed by atoms with Crippen LogP contribution in [0.2, 0.25) is 0 Å². The van der Waals surface area contributed by atoms with Crippen molar-refractivity contribution in [1.29, 1.82) is 0 Å². The van der Waals surface area contributed by atoms with Crippen LogP contribution in [0.25, 0.3) is 21.9 Å². The van der Waals surface area contributed by atoms with Crippen LogP contribution in [-0.2, 0) is 7.05 Å². The molecule has 0 saturated heterocycles. The minimum Gasteiger partial charge on any atom is -0.297 e. The lowest BCUT2D eigenvalue weighted by Gasteiger charge is -2.22. The van der Waals surface area contributed by atoms with E-state index in [2.05, 4.69) is 5.32 Å². The molecule has 0 saturated carbocycles. The van der Waals surface area contributed by atoms with Gasteiger partial charge >= 0.3 is 6.03 Å². The predicted molar refractivity (Wildman–Crippen MR) is 128 cm³/mol. The van der Waals surface area contributed by atoms with Crippen molar-refractivity contribution < 1.29 is 4.79 Å². The Morgan fingerprint density at radius 1 is 0.871 bits per heavy atom. The molecular weight excluding hydrogens is 386 g/mol. The number of pyridine rings is 1. The summed E-state index contributed by atoms with van der Waals surface area (Å²) in [6.07, 6.45) is 0. The van der Waals surface area contributed by atoms with E-state index in [-0.39, 0.29) is 11.6 Å². The lowest BCUT2D eigenvalue weighted by atomic mass is 9.95. The van der Waals surface area contributed by atoms with Gasteiger partial charge in [0, 0.05) is 30.7 Å². The largest absolute Gasteiger partial charge is 0.327 e. The highest BCUT2D eigenvalue weighted by Gasteiger charge is 2.20. The number of amides is 2. The van der Waals surface area contributed by atoms with E-state index in [1.165, 1.54) is 9.47 Å². The van der Waals surface area contributed by atoms with Crippen molar-refractivity contribution in [2.75, 3.05) is 17.3 Å². The van der Waals surface area contributed by atoms with Crippen LogP contribution in [0.15, 0.2) is 77.6 Å². The molecule has 0 atom stereocenters. The van der Waals surface area contributed by atoms with Gasteiger partial charge in [0.2, 0.25) is 0 Å². The third-order valence-corrected chi connectivity index (χ3v) is 5.75. The van der Waals surface area contributed by atoms with Gasteiger partial charge < -0.3 is 0 Å². The Hall–Kier alpha value is -3.86. The molecule has 4 rings (SSSR count). The fourth-order valence-electron chi connectivity index (χ4n) is 3.77. The van der Waals surface area contributed by atoms with E-state index in [9.17, 15) is 9.59 Å². The third kappa shape index (κ3) is 3.70. The second-order valence-corrected chi connectivity index (χ2v) is 7.76. The number of nitrogens with one attached hydrogen (secondary N) is 1. The summed E-state index contributed by atoms with van der Waals surface area (Å²) in [7, 11) is 3.40. The highest BCUT2D eigenvalue weighted by Crippen LogP contribution is 2.35. The van der Waals surface area contributed by atoms with Crippen LogP contribution in [0.1, 0.15) is 11.1 Å². The average Bonchev–Trinajstić information content (AvgIpc) is 2.79. The predicted octanol–water partition coefficient (Wildman–Crippen LogP) is 5.49. The number of carbonyl (C=O) groups excluding carboxylic acids is 1. The number of para-hydroxylation sites is 1. The number of benzene rings is 3. The summed E-state index contributed by atoms with van der Waals surface area (Å²) < 4.78 is 1.52. The SMILES string of the molecule is Cc1cc2c(-c3ccccc3)c(NC(=O)N(C)c3ccccc3)n(C)c(=O)c2cc1C. The number of fused-ring (bicyclic) bond motifs is 1. The van der Waals surface area contributed by atoms with Gasteiger partial charge in [-0.25, -0.2) is 4.79 Å². The van der Waals surface area contributed by atoms with E-state index < -0.39 is 0 Å². The van der Waals surface area contributed by atoms with Crippen molar-refractivity contribution in [2.45, 2.75) is 13.8 Å². The number of carbonyl (C=O) groups is 1. The van der Waals surface area contributed by atoms with E-state index in [0.29, 0.717) is 11.2 Å². The number of urea groups is 1. The Bertz CT molecular complexity index is 1330. The first-order valence-corrected chi connectivity index (χ1v) is 10.2. The standard InChI is InChI=1S/C26H25N3O2/c1-17-15-21-22(16-18(17)2)25(30)29(4)24(23(21)19-11-7-5-8-12-19)27-26(31)28(3)20-13-9-6-10-14-20/h5-16H,1-4H3,(H,27,31). The Morgan fingerprint density at radius 2 is 1.42 bits per heavy atom. The number of hydrogen-bond acceptors (Lipinski definition) is 2. The molecule has 0 bridgehead atoms. The van der Waals surface area contributed by atoms with E-state index >= 15 is 0 Å². The number of anilines is 2. The molecule has 2 amide bonds. The smallest absolute Gasteiger partial charge is 0.297 e. The molecule has 5 heteroatoms. The minimum atomic E-state index is -0.318. The van der Waals surface area contributed by atoms with E-state index in [1.807, 2.05) is 86.6 Å². The van der Waals surface area contributed by atoms with E-state index in [4.69, 9.17) is 0 Å². The van der Waals surface area contributed by atoms with Gasteiger partial charge in [-0.1, -0.05) is 54.6 Å². The molecular formula is C26H25N3O2. The fourth-order valence-corrected chi connectivity index (χ4v) is 3.77. The maximum Gasteiger partial charge on any atom is 0.327 e. The van der Waals surface area contributed by atoms with Gasteiger partial charge in [-0.3, -0.25) is 19.6 Å². The van der Waals surface area contributed by atoms with Crippen LogP contribution in [0.5, 0.6) is 0 Å². The summed E-state index contributed by atoms with van der Waals surface area (Å²) in [5.74, 6) is 0.472. The second-order valence-electron chi connectivity index (χ2n) is 7.76. The molecule has 31 heavy (non-hydrogen) atoms. The lowest BCUT2D eigenvalue weighted by Crippen LogP contribution is -2.34. The molecule has 0 spiro atoms. The van der Waals surface area contributed by atoms with Gasteiger partial charge in [-0.2, -0.15) is 0 Å². The van der Waals surface area contributed by atoms with Gasteiger partial charge in [0.05, 0.1) is 0 Å². The van der Waals surface area contributed by atoms with Crippen molar-refractivity contribution >= 4 is 28.3 Å². The molecule has 1 aromatic heterocycles. The first-order valence-electron chi connectivity index (χ1n) is 10.2. The van der Waals surface area contributed by atoms with E-state index in [0.717, 1.165) is 33.3 Å².